The van der Waals surface area contributed by atoms with E-state index in [9.17, 15) is 19.0 Å². The predicted octanol–water partition coefficient (Wildman–Crippen LogP) is 24.2. The van der Waals surface area contributed by atoms with Gasteiger partial charge in [-0.2, -0.15) is 0 Å². The highest BCUT2D eigenvalue weighted by Gasteiger charge is 2.30. The number of rotatable bonds is 68. The topological polar surface area (TPSA) is 111 Å². The van der Waals surface area contributed by atoms with E-state index < -0.39 is 20.0 Å². The van der Waals surface area contributed by atoms with E-state index >= 15 is 0 Å². The van der Waals surface area contributed by atoms with Gasteiger partial charge in [0.15, 0.2) is 0 Å². The fraction of sp³-hybridized carbons (Fsp3) is 0.772. The molecule has 0 aromatic rings. The lowest BCUT2D eigenvalue weighted by molar-refractivity contribution is -0.870. The van der Waals surface area contributed by atoms with Gasteiger partial charge in [-0.15, -0.1) is 0 Å². The third-order valence-electron chi connectivity index (χ3n) is 16.5. The number of quaternary nitrogens is 1. The highest BCUT2D eigenvalue weighted by Crippen LogP contribution is 2.43. The summed E-state index contributed by atoms with van der Waals surface area (Å²) in [6.45, 7) is 6.90. The summed E-state index contributed by atoms with van der Waals surface area (Å²) in [5.41, 5.74) is 0. The van der Waals surface area contributed by atoms with Crippen LogP contribution in [0.5, 0.6) is 0 Å². The zero-order chi connectivity index (χ0) is 64.9. The fourth-order valence-corrected chi connectivity index (χ4v) is 11.5. The Labute approximate surface area is 551 Å². The Morgan fingerprint density at radius 3 is 1.10 bits per heavy atom. The Morgan fingerprint density at radius 2 is 0.719 bits per heavy atom. The molecule has 0 aliphatic rings. The van der Waals surface area contributed by atoms with E-state index in [4.69, 9.17) is 13.8 Å². The SMILES string of the molecule is CC/C=C\C/C=C\C/C=C\C/C=C\C/C=C\CCCCCCCCCC(=O)NC(COP(=O)(O)OCC[N+](C)(C)C)C(/C=C/CCCCCCCCCCCCC)OC(=O)CCCCCCCCCCCCCCCCCCC/C=C\C/C=C\CCCCC. The first-order valence-corrected chi connectivity index (χ1v) is 39.1. The number of nitrogens with zero attached hydrogens (tertiary/aromatic N) is 1. The van der Waals surface area contributed by atoms with Crippen molar-refractivity contribution in [2.24, 2.45) is 0 Å². The maximum atomic E-state index is 13.6. The largest absolute Gasteiger partial charge is 0.472 e. The zero-order valence-electron chi connectivity index (χ0n) is 59.2. The summed E-state index contributed by atoms with van der Waals surface area (Å²) < 4.78 is 30.9. The average molecular weight is 1270 g/mol. The first kappa shape index (κ1) is 85.9. The Kier molecular flexibility index (Phi) is 65.5. The van der Waals surface area contributed by atoms with Crippen molar-refractivity contribution >= 4 is 19.7 Å². The van der Waals surface area contributed by atoms with Crippen molar-refractivity contribution in [2.75, 3.05) is 40.9 Å². The van der Waals surface area contributed by atoms with Crippen LogP contribution in [0.15, 0.2) is 97.2 Å². The number of phosphoric ester groups is 1. The number of nitrogens with one attached hydrogen (secondary N) is 1. The van der Waals surface area contributed by atoms with Crippen LogP contribution in [-0.2, 0) is 27.9 Å². The van der Waals surface area contributed by atoms with Crippen LogP contribution in [-0.4, -0.2) is 74.3 Å². The fourth-order valence-electron chi connectivity index (χ4n) is 10.8. The molecular weight excluding hydrogens is 1120 g/mol. The van der Waals surface area contributed by atoms with E-state index in [-0.39, 0.29) is 31.5 Å². The molecule has 10 heteroatoms. The first-order valence-electron chi connectivity index (χ1n) is 37.6. The van der Waals surface area contributed by atoms with Crippen LogP contribution in [0, 0.1) is 0 Å². The maximum absolute atomic E-state index is 13.6. The maximum Gasteiger partial charge on any atom is 0.472 e. The van der Waals surface area contributed by atoms with Crippen molar-refractivity contribution in [2.45, 2.75) is 354 Å². The lowest BCUT2D eigenvalue weighted by atomic mass is 10.0. The van der Waals surface area contributed by atoms with Gasteiger partial charge < -0.3 is 19.4 Å². The van der Waals surface area contributed by atoms with E-state index in [0.29, 0.717) is 17.4 Å². The van der Waals surface area contributed by atoms with Crippen LogP contribution in [0.2, 0.25) is 0 Å². The van der Waals surface area contributed by atoms with Gasteiger partial charge in [0.1, 0.15) is 19.3 Å². The standard InChI is InChI=1S/C79H143N2O7P/c1-7-10-13-16-19-22-25-28-30-32-34-36-38-39-40-41-43-45-47-49-51-54-57-60-63-66-69-72-79(83)88-77(70-67-64-61-58-55-52-27-24-21-18-15-12-9-3)76(75-87-89(84,85)86-74-73-81(4,5)6)80-78(82)71-68-65-62-59-56-53-50-48-46-44-42-37-35-33-31-29-26-23-20-17-14-11-8-2/h11,14,19-20,22-23,28-31,35,37,44,46,67,70,76-77H,7-10,12-13,15-18,21,24-27,32-34,36,38-43,45,47-66,68-69,71-75H2,1-6H3,(H-,80,82,84,85)/p+1/b14-11-,22-19-,23-20-,30-28-,31-29-,37-35-,46-44-,70-67+. The molecule has 0 fully saturated rings. The van der Waals surface area contributed by atoms with E-state index in [1.54, 1.807) is 0 Å². The number of esters is 1. The van der Waals surface area contributed by atoms with Crippen LogP contribution in [0.1, 0.15) is 342 Å². The van der Waals surface area contributed by atoms with Gasteiger partial charge in [0, 0.05) is 12.8 Å². The van der Waals surface area contributed by atoms with E-state index in [0.717, 1.165) is 109 Å². The summed E-state index contributed by atoms with van der Waals surface area (Å²) in [6.07, 6.45) is 92.8. The van der Waals surface area contributed by atoms with Crippen LogP contribution in [0.4, 0.5) is 0 Å². The molecule has 0 heterocycles. The second-order valence-electron chi connectivity index (χ2n) is 26.4. The molecule has 0 spiro atoms. The monoisotopic (exact) mass is 1260 g/mol. The molecule has 0 saturated heterocycles. The number of phosphoric acid groups is 1. The molecule has 3 unspecified atom stereocenters. The molecule has 516 valence electrons. The molecule has 0 aromatic heterocycles. The number of carbonyl (C=O) groups excluding carboxylic acids is 2. The minimum atomic E-state index is -4.47. The summed E-state index contributed by atoms with van der Waals surface area (Å²) in [5, 5.41) is 3.07. The Balaban J connectivity index is 5.04. The molecule has 89 heavy (non-hydrogen) atoms. The summed E-state index contributed by atoms with van der Waals surface area (Å²) in [6, 6.07) is -0.860. The van der Waals surface area contributed by atoms with Gasteiger partial charge in [-0.25, -0.2) is 4.57 Å². The molecular formula is C79H144N2O7P+. The molecule has 9 nitrogen and oxygen atoms in total. The molecule has 0 radical (unpaired) electrons. The van der Waals surface area contributed by atoms with E-state index in [2.05, 4.69) is 111 Å². The third kappa shape index (κ3) is 69.1. The lowest BCUT2D eigenvalue weighted by Crippen LogP contribution is -2.47. The van der Waals surface area contributed by atoms with Crippen molar-refractivity contribution in [3.63, 3.8) is 0 Å². The highest BCUT2D eigenvalue weighted by atomic mass is 31.2. The Bertz CT molecular complexity index is 1840. The van der Waals surface area contributed by atoms with Crippen LogP contribution < -0.4 is 5.32 Å². The molecule has 2 N–H and O–H groups in total. The van der Waals surface area contributed by atoms with E-state index in [1.165, 1.54) is 199 Å². The molecule has 0 saturated carbocycles. The first-order chi connectivity index (χ1) is 43.4. The van der Waals surface area contributed by atoms with Crippen molar-refractivity contribution in [1.82, 2.24) is 5.32 Å². The molecule has 0 bridgehead atoms. The number of carbonyl (C=O) groups is 2. The van der Waals surface area contributed by atoms with Gasteiger partial charge in [0.2, 0.25) is 5.91 Å². The van der Waals surface area contributed by atoms with Crippen LogP contribution in [0.25, 0.3) is 0 Å². The van der Waals surface area contributed by atoms with Gasteiger partial charge in [-0.3, -0.25) is 18.6 Å². The number of ether oxygens (including phenoxy) is 1. The Hall–Kier alpha value is -3.07. The quantitative estimate of drug-likeness (QED) is 0.0205. The normalized spacial score (nSPS) is 14.0. The van der Waals surface area contributed by atoms with E-state index in [1.807, 2.05) is 33.3 Å². The molecule has 3 atom stereocenters. The number of allylic oxidation sites excluding steroid dienone is 15. The predicted molar refractivity (Wildman–Crippen MR) is 387 cm³/mol. The van der Waals surface area contributed by atoms with Gasteiger partial charge >= 0.3 is 13.8 Å². The summed E-state index contributed by atoms with van der Waals surface area (Å²) in [4.78, 5) is 38.0. The number of amides is 1. The van der Waals surface area contributed by atoms with Crippen molar-refractivity contribution in [3.05, 3.63) is 97.2 Å². The third-order valence-corrected chi connectivity index (χ3v) is 17.5. The number of hydrogen-bond acceptors (Lipinski definition) is 6. The Morgan fingerprint density at radius 1 is 0.404 bits per heavy atom. The minimum absolute atomic E-state index is 0.0351. The molecule has 0 aliphatic carbocycles. The molecule has 0 aromatic carbocycles. The van der Waals surface area contributed by atoms with Gasteiger partial charge in [0.25, 0.3) is 0 Å². The summed E-state index contributed by atoms with van der Waals surface area (Å²) >= 11 is 0. The van der Waals surface area contributed by atoms with Gasteiger partial charge in [-0.1, -0.05) is 317 Å². The van der Waals surface area contributed by atoms with Crippen LogP contribution in [0.3, 0.4) is 0 Å². The van der Waals surface area contributed by atoms with Gasteiger partial charge in [0.05, 0.1) is 33.8 Å². The van der Waals surface area contributed by atoms with Gasteiger partial charge in [-0.05, 0) is 109 Å². The lowest BCUT2D eigenvalue weighted by Gasteiger charge is -2.27. The zero-order valence-corrected chi connectivity index (χ0v) is 60.1. The van der Waals surface area contributed by atoms with Crippen molar-refractivity contribution < 1.29 is 37.3 Å². The molecule has 0 rings (SSSR count). The molecule has 0 aliphatic heterocycles. The van der Waals surface area contributed by atoms with Crippen molar-refractivity contribution in [1.29, 1.82) is 0 Å². The number of unbranched alkanes of at least 4 members (excludes halogenated alkanes) is 38. The second kappa shape index (κ2) is 67.8. The van der Waals surface area contributed by atoms with Crippen LogP contribution >= 0.6 is 7.82 Å². The minimum Gasteiger partial charge on any atom is -0.456 e. The highest BCUT2D eigenvalue weighted by molar-refractivity contribution is 7.47. The second-order valence-corrected chi connectivity index (χ2v) is 27.9. The van der Waals surface area contributed by atoms with Crippen molar-refractivity contribution in [3.8, 4) is 0 Å². The smallest absolute Gasteiger partial charge is 0.456 e. The average Bonchev–Trinajstić information content (AvgIpc) is 3.64. The number of hydrogen-bond donors (Lipinski definition) is 2. The molecule has 1 amide bonds. The summed E-state index contributed by atoms with van der Waals surface area (Å²) in [5.74, 6) is -0.509. The number of likely N-dealkylation sites (N-methyl/N-ethyl adjacent to an activating group) is 1. The summed E-state index contributed by atoms with van der Waals surface area (Å²) in [7, 11) is 1.49.